The van der Waals surface area contributed by atoms with E-state index in [1.54, 1.807) is 18.2 Å². The number of oxazole rings is 1. The fraction of sp³-hybridized carbons (Fsp3) is 0.529. The van der Waals surface area contributed by atoms with Crippen molar-refractivity contribution in [3.63, 3.8) is 0 Å². The Morgan fingerprint density at radius 3 is 2.74 bits per heavy atom. The molecule has 126 valence electrons. The van der Waals surface area contributed by atoms with Gasteiger partial charge in [-0.1, -0.05) is 44.1 Å². The van der Waals surface area contributed by atoms with Crippen LogP contribution in [-0.4, -0.2) is 21.7 Å². The average molecular weight is 355 g/mol. The van der Waals surface area contributed by atoms with Crippen molar-refractivity contribution < 1.29 is 9.21 Å². The lowest BCUT2D eigenvalue weighted by molar-refractivity contribution is -0.122. The molecule has 2 aromatic rings. The molecule has 23 heavy (non-hydrogen) atoms. The van der Waals surface area contributed by atoms with E-state index in [0.717, 1.165) is 6.42 Å². The molecule has 0 aliphatic heterocycles. The lowest BCUT2D eigenvalue weighted by Gasteiger charge is -2.28. The van der Waals surface area contributed by atoms with Crippen molar-refractivity contribution in [2.75, 3.05) is 0 Å². The van der Waals surface area contributed by atoms with Crippen molar-refractivity contribution in [3.8, 4) is 0 Å². The summed E-state index contributed by atoms with van der Waals surface area (Å²) in [6, 6.07) is 5.31. The van der Waals surface area contributed by atoms with Crippen molar-refractivity contribution in [1.82, 2.24) is 10.3 Å². The number of amides is 1. The molecule has 1 unspecified atom stereocenters. The van der Waals surface area contributed by atoms with Crippen LogP contribution >= 0.6 is 23.4 Å². The van der Waals surface area contributed by atoms with E-state index < -0.39 is 0 Å². The van der Waals surface area contributed by atoms with Gasteiger partial charge in [0.2, 0.25) is 5.91 Å². The van der Waals surface area contributed by atoms with Crippen molar-refractivity contribution in [1.29, 1.82) is 0 Å². The Morgan fingerprint density at radius 1 is 1.43 bits per heavy atom. The molecule has 1 aromatic carbocycles. The minimum absolute atomic E-state index is 0.0112. The van der Waals surface area contributed by atoms with Gasteiger partial charge in [-0.2, -0.15) is 0 Å². The summed E-state index contributed by atoms with van der Waals surface area (Å²) in [7, 11) is 0. The van der Waals surface area contributed by atoms with E-state index in [1.165, 1.54) is 11.8 Å². The molecule has 0 aliphatic rings. The molecule has 4 nitrogen and oxygen atoms in total. The van der Waals surface area contributed by atoms with Gasteiger partial charge in [0.05, 0.1) is 5.25 Å². The summed E-state index contributed by atoms with van der Waals surface area (Å²) >= 11 is 7.33. The summed E-state index contributed by atoms with van der Waals surface area (Å²) in [6.07, 6.45) is 0.871. The fourth-order valence-corrected chi connectivity index (χ4v) is 3.13. The van der Waals surface area contributed by atoms with Gasteiger partial charge in [0.25, 0.3) is 5.22 Å². The summed E-state index contributed by atoms with van der Waals surface area (Å²) in [5.41, 5.74) is 1.16. The number of benzene rings is 1. The van der Waals surface area contributed by atoms with Crippen LogP contribution in [-0.2, 0) is 4.79 Å². The molecule has 0 bridgehead atoms. The molecule has 1 heterocycles. The Morgan fingerprint density at radius 2 is 2.13 bits per heavy atom. The molecule has 1 aromatic heterocycles. The third-order valence-corrected chi connectivity index (χ3v) is 5.39. The number of rotatable bonds is 6. The van der Waals surface area contributed by atoms with Gasteiger partial charge in [-0.25, -0.2) is 4.98 Å². The number of hydrogen-bond donors (Lipinski definition) is 1. The van der Waals surface area contributed by atoms with E-state index in [1.807, 2.05) is 27.7 Å². The first-order valence-corrected chi connectivity index (χ1v) is 9.02. The molecule has 6 heteroatoms. The van der Waals surface area contributed by atoms with Gasteiger partial charge in [0.1, 0.15) is 5.52 Å². The molecule has 0 fully saturated rings. The maximum atomic E-state index is 12.6. The second-order valence-electron chi connectivity index (χ2n) is 6.60. The fourth-order valence-electron chi connectivity index (χ4n) is 2.02. The predicted octanol–water partition coefficient (Wildman–Crippen LogP) is 4.90. The van der Waals surface area contributed by atoms with E-state index in [-0.39, 0.29) is 22.6 Å². The van der Waals surface area contributed by atoms with Gasteiger partial charge >= 0.3 is 0 Å². The third-order valence-electron chi connectivity index (χ3n) is 3.77. The standard InChI is InChI=1S/C17H23ClN2O2S/c1-6-17(4,5)20-15(21)14(10(2)3)23-16-19-12-9-11(18)7-8-13(12)22-16/h7-10,14H,6H2,1-5H3,(H,20,21). The van der Waals surface area contributed by atoms with E-state index in [4.69, 9.17) is 16.0 Å². The largest absolute Gasteiger partial charge is 0.431 e. The van der Waals surface area contributed by atoms with Crippen LogP contribution in [0.15, 0.2) is 27.8 Å². The van der Waals surface area contributed by atoms with E-state index in [0.29, 0.717) is 21.3 Å². The zero-order valence-corrected chi connectivity index (χ0v) is 15.7. The molecule has 0 aliphatic carbocycles. The lowest BCUT2D eigenvalue weighted by Crippen LogP contribution is -2.47. The first kappa shape index (κ1) is 18.1. The highest BCUT2D eigenvalue weighted by molar-refractivity contribution is 8.00. The van der Waals surface area contributed by atoms with Crippen LogP contribution < -0.4 is 5.32 Å². The van der Waals surface area contributed by atoms with E-state index in [2.05, 4.69) is 17.2 Å². The number of fused-ring (bicyclic) bond motifs is 1. The Labute approximate surface area is 146 Å². The second kappa shape index (κ2) is 7.14. The molecule has 2 rings (SSSR count). The number of nitrogens with one attached hydrogen (secondary N) is 1. The second-order valence-corrected chi connectivity index (χ2v) is 8.13. The van der Waals surface area contributed by atoms with Crippen molar-refractivity contribution in [3.05, 3.63) is 23.2 Å². The highest BCUT2D eigenvalue weighted by Gasteiger charge is 2.29. The number of hydrogen-bond acceptors (Lipinski definition) is 4. The molecular formula is C17H23ClN2O2S. The van der Waals surface area contributed by atoms with Gasteiger partial charge in [-0.15, -0.1) is 0 Å². The van der Waals surface area contributed by atoms with Gasteiger partial charge in [-0.05, 0) is 44.4 Å². The van der Waals surface area contributed by atoms with Crippen LogP contribution in [0, 0.1) is 5.92 Å². The minimum Gasteiger partial charge on any atom is -0.431 e. The number of nitrogens with zero attached hydrogens (tertiary/aromatic N) is 1. The molecule has 0 saturated heterocycles. The number of halogens is 1. The Hall–Kier alpha value is -1.20. The van der Waals surface area contributed by atoms with Crippen molar-refractivity contribution >= 4 is 40.4 Å². The third kappa shape index (κ3) is 4.64. The monoisotopic (exact) mass is 354 g/mol. The maximum Gasteiger partial charge on any atom is 0.257 e. The Kier molecular flexibility index (Phi) is 5.63. The first-order valence-electron chi connectivity index (χ1n) is 7.76. The predicted molar refractivity (Wildman–Crippen MR) is 96.0 cm³/mol. The SMILES string of the molecule is CCC(C)(C)NC(=O)C(Sc1nc2cc(Cl)ccc2o1)C(C)C. The van der Waals surface area contributed by atoms with Crippen LogP contribution in [0.4, 0.5) is 0 Å². The first-order chi connectivity index (χ1) is 10.7. The van der Waals surface area contributed by atoms with Crippen molar-refractivity contribution in [2.45, 2.75) is 57.1 Å². The van der Waals surface area contributed by atoms with Crippen LogP contribution in [0.3, 0.4) is 0 Å². The Bertz CT molecular complexity index is 697. The van der Waals surface area contributed by atoms with Gasteiger partial charge in [0.15, 0.2) is 5.58 Å². The van der Waals surface area contributed by atoms with E-state index in [9.17, 15) is 4.79 Å². The van der Waals surface area contributed by atoms with Gasteiger partial charge in [-0.3, -0.25) is 4.79 Å². The lowest BCUT2D eigenvalue weighted by atomic mass is 10.0. The zero-order chi connectivity index (χ0) is 17.2. The summed E-state index contributed by atoms with van der Waals surface area (Å²) in [4.78, 5) is 17.0. The van der Waals surface area contributed by atoms with Crippen LogP contribution in [0.2, 0.25) is 5.02 Å². The minimum atomic E-state index is -0.260. The molecule has 0 spiro atoms. The van der Waals surface area contributed by atoms with Gasteiger partial charge < -0.3 is 9.73 Å². The summed E-state index contributed by atoms with van der Waals surface area (Å²) in [5, 5.41) is 3.95. The topological polar surface area (TPSA) is 55.1 Å². The number of carbonyl (C=O) groups is 1. The van der Waals surface area contributed by atoms with E-state index >= 15 is 0 Å². The molecule has 0 saturated carbocycles. The van der Waals surface area contributed by atoms with Crippen LogP contribution in [0.5, 0.6) is 0 Å². The highest BCUT2D eigenvalue weighted by Crippen LogP contribution is 2.31. The number of aromatic nitrogens is 1. The Balaban J connectivity index is 2.19. The molecule has 1 N–H and O–H groups in total. The van der Waals surface area contributed by atoms with Crippen LogP contribution in [0.1, 0.15) is 41.0 Å². The summed E-state index contributed by atoms with van der Waals surface area (Å²) < 4.78 is 5.72. The quantitative estimate of drug-likeness (QED) is 0.749. The van der Waals surface area contributed by atoms with Crippen LogP contribution in [0.25, 0.3) is 11.1 Å². The molecular weight excluding hydrogens is 332 g/mol. The molecule has 1 atom stereocenters. The smallest absolute Gasteiger partial charge is 0.257 e. The summed E-state index contributed by atoms with van der Waals surface area (Å²) in [6.45, 7) is 10.1. The summed E-state index contributed by atoms with van der Waals surface area (Å²) in [5.74, 6) is 0.170. The highest BCUT2D eigenvalue weighted by atomic mass is 35.5. The average Bonchev–Trinajstić information content (AvgIpc) is 2.85. The number of carbonyl (C=O) groups excluding carboxylic acids is 1. The molecule has 1 amide bonds. The molecule has 0 radical (unpaired) electrons. The maximum absolute atomic E-state index is 12.6. The number of thioether (sulfide) groups is 1. The van der Waals surface area contributed by atoms with Crippen molar-refractivity contribution in [2.24, 2.45) is 5.92 Å². The zero-order valence-electron chi connectivity index (χ0n) is 14.1. The van der Waals surface area contributed by atoms with Gasteiger partial charge in [0, 0.05) is 10.6 Å². The normalized spacial score (nSPS) is 13.5.